The highest BCUT2D eigenvalue weighted by Crippen LogP contribution is 2.48. The van der Waals surface area contributed by atoms with Gasteiger partial charge in [-0.05, 0) is 43.4 Å². The second-order valence-corrected chi connectivity index (χ2v) is 5.45. The minimum Gasteiger partial charge on any atom is -0.122 e. The van der Waals surface area contributed by atoms with Crippen LogP contribution in [0.1, 0.15) is 26.2 Å². The zero-order chi connectivity index (χ0) is 12.3. The van der Waals surface area contributed by atoms with E-state index in [1.54, 1.807) is 0 Å². The Morgan fingerprint density at radius 2 is 2.12 bits per heavy atom. The molecule has 0 nitrogen and oxygen atoms in total. The van der Waals surface area contributed by atoms with Gasteiger partial charge in [0.25, 0.3) is 0 Å². The minimum absolute atomic E-state index is 0.137. The molecule has 1 radical (unpaired) electrons. The van der Waals surface area contributed by atoms with Crippen LogP contribution in [0.5, 0.6) is 0 Å². The number of halogens is 1. The molecular formula is C15H22Cl. The average Bonchev–Trinajstić information content (AvgIpc) is 2.28. The van der Waals surface area contributed by atoms with Crippen molar-refractivity contribution in [3.05, 3.63) is 43.9 Å². The summed E-state index contributed by atoms with van der Waals surface area (Å²) in [5.41, 5.74) is 2.30. The highest BCUT2D eigenvalue weighted by atomic mass is 35.5. The third-order valence-electron chi connectivity index (χ3n) is 4.06. The Morgan fingerprint density at radius 1 is 1.50 bits per heavy atom. The van der Waals surface area contributed by atoms with E-state index in [1.165, 1.54) is 0 Å². The first kappa shape index (κ1) is 13.6. The maximum absolute atomic E-state index is 5.92. The minimum atomic E-state index is 0.137. The van der Waals surface area contributed by atoms with Gasteiger partial charge in [-0.1, -0.05) is 37.3 Å². The third kappa shape index (κ3) is 2.60. The number of rotatable bonds is 4. The van der Waals surface area contributed by atoms with E-state index < -0.39 is 0 Å². The molecule has 0 heterocycles. The zero-order valence-corrected chi connectivity index (χ0v) is 11.0. The second kappa shape index (κ2) is 5.23. The van der Waals surface area contributed by atoms with Gasteiger partial charge in [-0.15, -0.1) is 18.2 Å². The lowest BCUT2D eigenvalue weighted by Crippen LogP contribution is -2.34. The van der Waals surface area contributed by atoms with Gasteiger partial charge in [0.1, 0.15) is 0 Å². The van der Waals surface area contributed by atoms with Crippen LogP contribution in [-0.4, -0.2) is 5.88 Å². The summed E-state index contributed by atoms with van der Waals surface area (Å²) >= 11 is 5.92. The Balaban J connectivity index is 2.90. The van der Waals surface area contributed by atoms with Crippen LogP contribution in [0, 0.1) is 24.2 Å². The van der Waals surface area contributed by atoms with Crippen molar-refractivity contribution in [3.63, 3.8) is 0 Å². The summed E-state index contributed by atoms with van der Waals surface area (Å²) in [6.45, 7) is 18.3. The summed E-state index contributed by atoms with van der Waals surface area (Å²) in [4.78, 5) is 0. The predicted octanol–water partition coefficient (Wildman–Crippen LogP) is 4.78. The van der Waals surface area contributed by atoms with Gasteiger partial charge in [-0.2, -0.15) is 0 Å². The van der Waals surface area contributed by atoms with Crippen molar-refractivity contribution in [2.75, 3.05) is 5.88 Å². The molecule has 0 aromatic heterocycles. The maximum Gasteiger partial charge on any atom is 0.0433 e. The summed E-state index contributed by atoms with van der Waals surface area (Å²) in [6.07, 6.45) is 5.40. The Hall–Kier alpha value is -0.490. The molecule has 0 spiro atoms. The largest absolute Gasteiger partial charge is 0.122 e. The van der Waals surface area contributed by atoms with Crippen molar-refractivity contribution in [1.82, 2.24) is 0 Å². The Labute approximate surface area is 105 Å². The van der Waals surface area contributed by atoms with Gasteiger partial charge < -0.3 is 0 Å². The molecule has 0 aromatic rings. The normalized spacial score (nSPS) is 34.4. The molecule has 89 valence electrons. The standard InChI is InChI=1S/C15H22Cl/c1-6-15(5)8-7-13(11(2)3)9-14(15)12(4)10-16/h6,13-14H,1-4,7-10H2,5H3/t13-,14-,15+/m0/s1. The Kier molecular flexibility index (Phi) is 4.43. The van der Waals surface area contributed by atoms with Crippen LogP contribution in [0.25, 0.3) is 0 Å². The summed E-state index contributed by atoms with van der Waals surface area (Å²) in [7, 11) is 0. The quantitative estimate of drug-likeness (QED) is 0.488. The zero-order valence-electron chi connectivity index (χ0n) is 10.3. The molecule has 1 aliphatic carbocycles. The summed E-state index contributed by atoms with van der Waals surface area (Å²) in [5.74, 6) is 1.46. The topological polar surface area (TPSA) is 0 Å². The molecule has 3 atom stereocenters. The van der Waals surface area contributed by atoms with E-state index >= 15 is 0 Å². The van der Waals surface area contributed by atoms with Crippen molar-refractivity contribution in [1.29, 1.82) is 0 Å². The van der Waals surface area contributed by atoms with Crippen molar-refractivity contribution in [3.8, 4) is 0 Å². The second-order valence-electron chi connectivity index (χ2n) is 5.18. The summed E-state index contributed by atoms with van der Waals surface area (Å²) in [5, 5.41) is 0. The molecule has 0 bridgehead atoms. The van der Waals surface area contributed by atoms with E-state index in [-0.39, 0.29) is 5.41 Å². The van der Waals surface area contributed by atoms with Crippen LogP contribution in [0.2, 0.25) is 0 Å². The molecule has 0 aliphatic heterocycles. The highest BCUT2D eigenvalue weighted by molar-refractivity contribution is 6.19. The number of hydrogen-bond acceptors (Lipinski definition) is 0. The molecule has 0 amide bonds. The lowest BCUT2D eigenvalue weighted by atomic mass is 9.61. The molecule has 16 heavy (non-hydrogen) atoms. The van der Waals surface area contributed by atoms with Gasteiger partial charge in [0.15, 0.2) is 0 Å². The van der Waals surface area contributed by atoms with Crippen molar-refractivity contribution in [2.45, 2.75) is 26.2 Å². The van der Waals surface area contributed by atoms with Crippen molar-refractivity contribution >= 4 is 11.6 Å². The lowest BCUT2D eigenvalue weighted by Gasteiger charge is -2.43. The molecule has 1 rings (SSSR count). The van der Waals surface area contributed by atoms with Crippen LogP contribution >= 0.6 is 11.6 Å². The molecule has 1 aliphatic rings. The van der Waals surface area contributed by atoms with Crippen LogP contribution in [-0.2, 0) is 0 Å². The van der Waals surface area contributed by atoms with Crippen molar-refractivity contribution in [2.24, 2.45) is 17.3 Å². The molecule has 0 aromatic carbocycles. The molecule has 1 heteroatoms. The predicted molar refractivity (Wildman–Crippen MR) is 73.5 cm³/mol. The van der Waals surface area contributed by atoms with E-state index in [0.717, 1.165) is 30.4 Å². The van der Waals surface area contributed by atoms with Crippen LogP contribution in [0.4, 0.5) is 0 Å². The van der Waals surface area contributed by atoms with Crippen molar-refractivity contribution < 1.29 is 0 Å². The monoisotopic (exact) mass is 237 g/mol. The summed E-state index contributed by atoms with van der Waals surface area (Å²) in [6, 6.07) is 0. The van der Waals surface area contributed by atoms with Crippen LogP contribution in [0.15, 0.2) is 37.0 Å². The van der Waals surface area contributed by atoms with E-state index in [4.69, 9.17) is 11.6 Å². The van der Waals surface area contributed by atoms with Gasteiger partial charge in [0.2, 0.25) is 0 Å². The maximum atomic E-state index is 5.92. The first-order chi connectivity index (χ1) is 7.44. The third-order valence-corrected chi connectivity index (χ3v) is 4.40. The SMILES string of the molecule is [CH2]C(=C)[C@H]1CC[C@@](C)(C=C)[C@H](C(=C)CCl)C1. The van der Waals surface area contributed by atoms with Gasteiger partial charge in [-0.3, -0.25) is 0 Å². The van der Waals surface area contributed by atoms with Gasteiger partial charge in [0.05, 0.1) is 0 Å². The van der Waals surface area contributed by atoms with E-state index in [1.807, 2.05) is 0 Å². The molecule has 1 saturated carbocycles. The molecule has 0 N–H and O–H groups in total. The van der Waals surface area contributed by atoms with E-state index in [9.17, 15) is 0 Å². The molecule has 0 saturated heterocycles. The van der Waals surface area contributed by atoms with Crippen LogP contribution in [0.3, 0.4) is 0 Å². The first-order valence-electron chi connectivity index (χ1n) is 5.82. The molecule has 1 fully saturated rings. The Bertz CT molecular complexity index is 303. The highest BCUT2D eigenvalue weighted by Gasteiger charge is 2.38. The van der Waals surface area contributed by atoms with E-state index in [2.05, 4.69) is 39.7 Å². The molecule has 0 unspecified atom stereocenters. The average molecular weight is 238 g/mol. The molecular weight excluding hydrogens is 216 g/mol. The van der Waals surface area contributed by atoms with Gasteiger partial charge in [0, 0.05) is 5.88 Å². The van der Waals surface area contributed by atoms with Gasteiger partial charge >= 0.3 is 0 Å². The van der Waals surface area contributed by atoms with E-state index in [0.29, 0.717) is 17.7 Å². The fourth-order valence-corrected chi connectivity index (χ4v) is 2.86. The fourth-order valence-electron chi connectivity index (χ4n) is 2.67. The van der Waals surface area contributed by atoms with Gasteiger partial charge in [-0.25, -0.2) is 0 Å². The first-order valence-corrected chi connectivity index (χ1v) is 6.36. The number of hydrogen-bond donors (Lipinski definition) is 0. The number of allylic oxidation sites excluding steroid dienone is 3. The fraction of sp³-hybridized carbons (Fsp3) is 0.533. The smallest absolute Gasteiger partial charge is 0.0433 e. The van der Waals surface area contributed by atoms with Crippen LogP contribution < -0.4 is 0 Å². The summed E-state index contributed by atoms with van der Waals surface area (Å²) < 4.78 is 0. The lowest BCUT2D eigenvalue weighted by molar-refractivity contribution is 0.171. The number of alkyl halides is 1. The Morgan fingerprint density at radius 3 is 2.56 bits per heavy atom.